The highest BCUT2D eigenvalue weighted by atomic mass is 19.1. The summed E-state index contributed by atoms with van der Waals surface area (Å²) in [6.45, 7) is 14.4. The van der Waals surface area contributed by atoms with Crippen molar-refractivity contribution in [3.05, 3.63) is 77.1 Å². The van der Waals surface area contributed by atoms with Crippen LogP contribution in [0.4, 0.5) is 4.39 Å². The first kappa shape index (κ1) is 18.2. The van der Waals surface area contributed by atoms with Crippen molar-refractivity contribution >= 4 is 5.57 Å². The Labute approximate surface area is 145 Å². The lowest BCUT2D eigenvalue weighted by atomic mass is 9.87. The Morgan fingerprint density at radius 2 is 1.88 bits per heavy atom. The first-order valence-corrected chi connectivity index (χ1v) is 8.62. The van der Waals surface area contributed by atoms with Crippen molar-refractivity contribution in [3.63, 3.8) is 0 Å². The molecule has 0 unspecified atom stereocenters. The quantitative estimate of drug-likeness (QED) is 0.525. The van der Waals surface area contributed by atoms with Crippen molar-refractivity contribution in [2.75, 3.05) is 0 Å². The van der Waals surface area contributed by atoms with Crippen LogP contribution < -0.4 is 0 Å². The first-order valence-electron chi connectivity index (χ1n) is 8.62. The first-order chi connectivity index (χ1) is 11.4. The lowest BCUT2D eigenvalue weighted by Crippen LogP contribution is -1.98. The molecule has 0 bridgehead atoms. The Morgan fingerprint density at radius 1 is 1.17 bits per heavy atom. The van der Waals surface area contributed by atoms with Crippen LogP contribution in [0.2, 0.25) is 0 Å². The number of aryl methyl sites for hydroxylation is 2. The fourth-order valence-corrected chi connectivity index (χ4v) is 3.10. The number of rotatable bonds is 5. The Morgan fingerprint density at radius 3 is 2.42 bits per heavy atom. The summed E-state index contributed by atoms with van der Waals surface area (Å²) < 4.78 is 14.1. The van der Waals surface area contributed by atoms with Gasteiger partial charge in [0.05, 0.1) is 0 Å². The highest BCUT2D eigenvalue weighted by Crippen LogP contribution is 2.33. The van der Waals surface area contributed by atoms with Crippen LogP contribution in [-0.2, 0) is 6.42 Å². The Kier molecular flexibility index (Phi) is 5.77. The number of hydrogen-bond donors (Lipinski definition) is 0. The van der Waals surface area contributed by atoms with E-state index in [2.05, 4.69) is 52.5 Å². The normalized spacial score (nSPS) is 11.9. The Bertz CT molecular complexity index is 779. The molecule has 126 valence electrons. The number of allylic oxidation sites excluding steroid dienone is 3. The molecule has 0 amide bonds. The van der Waals surface area contributed by atoms with Crippen LogP contribution in [0.15, 0.2) is 49.1 Å². The molecule has 0 radical (unpaired) electrons. The number of benzene rings is 2. The van der Waals surface area contributed by atoms with Crippen molar-refractivity contribution in [1.82, 2.24) is 0 Å². The molecule has 0 nitrogen and oxygen atoms in total. The van der Waals surface area contributed by atoms with E-state index in [1.807, 2.05) is 18.2 Å². The molecule has 0 saturated heterocycles. The van der Waals surface area contributed by atoms with E-state index < -0.39 is 0 Å². The molecule has 0 aliphatic heterocycles. The van der Waals surface area contributed by atoms with Crippen LogP contribution in [0.25, 0.3) is 16.7 Å². The molecule has 0 saturated carbocycles. The van der Waals surface area contributed by atoms with E-state index >= 15 is 0 Å². The van der Waals surface area contributed by atoms with Gasteiger partial charge < -0.3 is 0 Å². The maximum Gasteiger partial charge on any atom is 0.126 e. The molecule has 0 aromatic heterocycles. The SMILES string of the molecule is C=C/C(=C\C(C)C)c1cc(C)cc(-c2ccc(C)c(F)c2)c1CC. The summed E-state index contributed by atoms with van der Waals surface area (Å²) in [5, 5.41) is 0. The lowest BCUT2D eigenvalue weighted by molar-refractivity contribution is 0.619. The van der Waals surface area contributed by atoms with Crippen LogP contribution in [0.5, 0.6) is 0 Å². The molecular weight excluding hydrogens is 295 g/mol. The van der Waals surface area contributed by atoms with Crippen molar-refractivity contribution in [2.24, 2.45) is 5.92 Å². The molecule has 2 aromatic carbocycles. The van der Waals surface area contributed by atoms with E-state index in [-0.39, 0.29) is 5.82 Å². The third-order valence-electron chi connectivity index (χ3n) is 4.27. The van der Waals surface area contributed by atoms with Crippen LogP contribution >= 0.6 is 0 Å². The Balaban J connectivity index is 2.74. The summed E-state index contributed by atoms with van der Waals surface area (Å²) in [6, 6.07) is 9.87. The average Bonchev–Trinajstić information content (AvgIpc) is 2.54. The molecule has 2 rings (SSSR count). The van der Waals surface area contributed by atoms with E-state index in [1.54, 1.807) is 13.0 Å². The third kappa shape index (κ3) is 3.84. The fourth-order valence-electron chi connectivity index (χ4n) is 3.10. The second kappa shape index (κ2) is 7.61. The zero-order chi connectivity index (χ0) is 17.9. The van der Waals surface area contributed by atoms with Gasteiger partial charge in [0.1, 0.15) is 5.82 Å². The maximum atomic E-state index is 14.1. The predicted molar refractivity (Wildman–Crippen MR) is 104 cm³/mol. The zero-order valence-corrected chi connectivity index (χ0v) is 15.4. The summed E-state index contributed by atoms with van der Waals surface area (Å²) in [5.41, 5.74) is 7.51. The standard InChI is InChI=1S/C23H27F/c1-7-18(11-15(3)4)21-12-16(5)13-22(20(21)8-2)19-10-9-17(6)23(24)14-19/h7,9-15H,1,8H2,2-6H3/b18-11+. The lowest BCUT2D eigenvalue weighted by Gasteiger charge is -2.17. The van der Waals surface area contributed by atoms with E-state index in [4.69, 9.17) is 0 Å². The second-order valence-electron chi connectivity index (χ2n) is 6.73. The molecule has 0 heterocycles. The molecule has 0 aliphatic carbocycles. The van der Waals surface area contributed by atoms with Crippen molar-refractivity contribution < 1.29 is 4.39 Å². The summed E-state index contributed by atoms with van der Waals surface area (Å²) in [5.74, 6) is 0.294. The molecule has 1 heteroatoms. The molecule has 0 fully saturated rings. The molecule has 24 heavy (non-hydrogen) atoms. The molecular formula is C23H27F. The fraction of sp³-hybridized carbons (Fsp3) is 0.304. The van der Waals surface area contributed by atoms with Gasteiger partial charge in [0, 0.05) is 0 Å². The summed E-state index contributed by atoms with van der Waals surface area (Å²) >= 11 is 0. The summed E-state index contributed by atoms with van der Waals surface area (Å²) in [7, 11) is 0. The van der Waals surface area contributed by atoms with Crippen molar-refractivity contribution in [2.45, 2.75) is 41.0 Å². The highest BCUT2D eigenvalue weighted by molar-refractivity contribution is 5.82. The van der Waals surface area contributed by atoms with Crippen LogP contribution in [0.3, 0.4) is 0 Å². The molecule has 0 N–H and O–H groups in total. The summed E-state index contributed by atoms with van der Waals surface area (Å²) in [6.07, 6.45) is 5.05. The van der Waals surface area contributed by atoms with Gasteiger partial charge in [-0.15, -0.1) is 0 Å². The van der Waals surface area contributed by atoms with Gasteiger partial charge in [-0.3, -0.25) is 0 Å². The maximum absolute atomic E-state index is 14.1. The average molecular weight is 322 g/mol. The van der Waals surface area contributed by atoms with Crippen molar-refractivity contribution in [3.8, 4) is 11.1 Å². The van der Waals surface area contributed by atoms with Gasteiger partial charge in [-0.25, -0.2) is 4.39 Å². The van der Waals surface area contributed by atoms with Gasteiger partial charge in [-0.2, -0.15) is 0 Å². The minimum atomic E-state index is -0.153. The van der Waals surface area contributed by atoms with Gasteiger partial charge in [0.15, 0.2) is 0 Å². The van der Waals surface area contributed by atoms with Crippen LogP contribution in [-0.4, -0.2) is 0 Å². The van der Waals surface area contributed by atoms with Gasteiger partial charge in [0.2, 0.25) is 0 Å². The third-order valence-corrected chi connectivity index (χ3v) is 4.27. The van der Waals surface area contributed by atoms with Gasteiger partial charge in [-0.1, -0.05) is 63.8 Å². The van der Waals surface area contributed by atoms with Gasteiger partial charge >= 0.3 is 0 Å². The van der Waals surface area contributed by atoms with Crippen LogP contribution in [0, 0.1) is 25.6 Å². The number of halogens is 1. The minimum Gasteiger partial charge on any atom is -0.207 e. The Hall–Kier alpha value is -2.15. The van der Waals surface area contributed by atoms with Gasteiger partial charge in [0.25, 0.3) is 0 Å². The second-order valence-corrected chi connectivity index (χ2v) is 6.73. The molecule has 0 aliphatic rings. The smallest absolute Gasteiger partial charge is 0.126 e. The van der Waals surface area contributed by atoms with E-state index in [9.17, 15) is 4.39 Å². The zero-order valence-electron chi connectivity index (χ0n) is 15.4. The van der Waals surface area contributed by atoms with E-state index in [0.717, 1.165) is 23.1 Å². The molecule has 0 atom stereocenters. The van der Waals surface area contributed by atoms with E-state index in [0.29, 0.717) is 11.5 Å². The highest BCUT2D eigenvalue weighted by Gasteiger charge is 2.13. The van der Waals surface area contributed by atoms with E-state index in [1.165, 1.54) is 16.7 Å². The summed E-state index contributed by atoms with van der Waals surface area (Å²) in [4.78, 5) is 0. The largest absolute Gasteiger partial charge is 0.207 e. The monoisotopic (exact) mass is 322 g/mol. The predicted octanol–water partition coefficient (Wildman–Crippen LogP) is 6.90. The minimum absolute atomic E-state index is 0.153. The van der Waals surface area contributed by atoms with Gasteiger partial charge in [-0.05, 0) is 71.2 Å². The van der Waals surface area contributed by atoms with Crippen molar-refractivity contribution in [1.29, 1.82) is 0 Å². The van der Waals surface area contributed by atoms with Crippen LogP contribution in [0.1, 0.15) is 43.0 Å². The molecule has 0 spiro atoms. The topological polar surface area (TPSA) is 0 Å². The molecule has 2 aromatic rings. The number of hydrogen-bond acceptors (Lipinski definition) is 0.